The Morgan fingerprint density at radius 2 is 1.66 bits per heavy atom. The second kappa shape index (κ2) is 11.2. The SMILES string of the molecule is C=C(CC/C=C\C)c1cc(N(C2=C(C)CCC=C2)c2cccc(-c3cccc(C)c3)c2)ccc1C. The number of anilines is 2. The zero-order valence-electron chi connectivity index (χ0n) is 21.6. The van der Waals surface area contributed by atoms with E-state index in [1.165, 1.54) is 56.0 Å². The molecular weight excluding hydrogens is 422 g/mol. The quantitative estimate of drug-likeness (QED) is 0.303. The van der Waals surface area contributed by atoms with Crippen LogP contribution in [0.15, 0.2) is 109 Å². The van der Waals surface area contributed by atoms with Gasteiger partial charge in [-0.3, -0.25) is 0 Å². The molecule has 0 aromatic heterocycles. The largest absolute Gasteiger partial charge is 0.311 e. The Labute approximate surface area is 211 Å². The summed E-state index contributed by atoms with van der Waals surface area (Å²) >= 11 is 0. The number of hydrogen-bond acceptors (Lipinski definition) is 1. The van der Waals surface area contributed by atoms with E-state index in [4.69, 9.17) is 0 Å². The molecule has 0 unspecified atom stereocenters. The summed E-state index contributed by atoms with van der Waals surface area (Å²) in [6, 6.07) is 24.5. The molecule has 0 radical (unpaired) electrons. The van der Waals surface area contributed by atoms with Gasteiger partial charge in [0.1, 0.15) is 0 Å². The Kier molecular flexibility index (Phi) is 7.87. The third-order valence-corrected chi connectivity index (χ3v) is 6.80. The average molecular weight is 460 g/mol. The summed E-state index contributed by atoms with van der Waals surface area (Å²) in [4.78, 5) is 2.42. The molecule has 0 heterocycles. The molecule has 1 aliphatic carbocycles. The van der Waals surface area contributed by atoms with Gasteiger partial charge in [-0.15, -0.1) is 0 Å². The molecule has 0 amide bonds. The van der Waals surface area contributed by atoms with Gasteiger partial charge >= 0.3 is 0 Å². The van der Waals surface area contributed by atoms with Gasteiger partial charge in [-0.05, 0) is 117 Å². The molecule has 0 saturated carbocycles. The lowest BCUT2D eigenvalue weighted by Crippen LogP contribution is -2.18. The Hall–Kier alpha value is -3.58. The van der Waals surface area contributed by atoms with Gasteiger partial charge in [0.25, 0.3) is 0 Å². The minimum absolute atomic E-state index is 0.971. The lowest BCUT2D eigenvalue weighted by molar-refractivity contribution is 0.923. The highest BCUT2D eigenvalue weighted by Gasteiger charge is 2.19. The van der Waals surface area contributed by atoms with Crippen LogP contribution in [-0.2, 0) is 0 Å². The molecule has 4 rings (SSSR count). The number of benzene rings is 3. The second-order valence-electron chi connectivity index (χ2n) is 9.57. The van der Waals surface area contributed by atoms with Gasteiger partial charge in [-0.25, -0.2) is 0 Å². The molecule has 1 heteroatoms. The summed E-state index contributed by atoms with van der Waals surface area (Å²) < 4.78 is 0. The molecule has 0 spiro atoms. The van der Waals surface area contributed by atoms with Gasteiger partial charge < -0.3 is 4.90 Å². The van der Waals surface area contributed by atoms with E-state index in [0.717, 1.165) is 25.7 Å². The van der Waals surface area contributed by atoms with Crippen LogP contribution >= 0.6 is 0 Å². The minimum atomic E-state index is 0.971. The van der Waals surface area contributed by atoms with Crippen LogP contribution in [0.1, 0.15) is 56.2 Å². The maximum atomic E-state index is 4.44. The summed E-state index contributed by atoms with van der Waals surface area (Å²) in [5.41, 5.74) is 12.5. The molecule has 0 saturated heterocycles. The summed E-state index contributed by atoms with van der Waals surface area (Å²) in [7, 11) is 0. The van der Waals surface area contributed by atoms with Crippen molar-refractivity contribution >= 4 is 16.9 Å². The van der Waals surface area contributed by atoms with E-state index >= 15 is 0 Å². The normalized spacial score (nSPS) is 13.5. The first kappa shape index (κ1) is 24.5. The van der Waals surface area contributed by atoms with E-state index in [1.807, 2.05) is 0 Å². The molecule has 0 fully saturated rings. The fourth-order valence-electron chi connectivity index (χ4n) is 4.80. The van der Waals surface area contributed by atoms with Gasteiger partial charge in [0.15, 0.2) is 0 Å². The van der Waals surface area contributed by atoms with E-state index in [1.54, 1.807) is 0 Å². The van der Waals surface area contributed by atoms with Crippen LogP contribution in [0.5, 0.6) is 0 Å². The van der Waals surface area contributed by atoms with Crippen LogP contribution in [0.4, 0.5) is 11.4 Å². The van der Waals surface area contributed by atoms with Crippen LogP contribution in [-0.4, -0.2) is 0 Å². The monoisotopic (exact) mass is 459 g/mol. The fourth-order valence-corrected chi connectivity index (χ4v) is 4.80. The average Bonchev–Trinajstić information content (AvgIpc) is 2.86. The predicted octanol–water partition coefficient (Wildman–Crippen LogP) is 10.1. The van der Waals surface area contributed by atoms with Crippen molar-refractivity contribution in [3.8, 4) is 11.1 Å². The van der Waals surface area contributed by atoms with E-state index < -0.39 is 0 Å². The van der Waals surface area contributed by atoms with Gasteiger partial charge in [-0.1, -0.05) is 72.8 Å². The van der Waals surface area contributed by atoms with Crippen molar-refractivity contribution in [3.05, 3.63) is 126 Å². The molecule has 1 nitrogen and oxygen atoms in total. The van der Waals surface area contributed by atoms with Crippen molar-refractivity contribution in [1.82, 2.24) is 0 Å². The fraction of sp³-hybridized carbons (Fsp3) is 0.235. The van der Waals surface area contributed by atoms with Gasteiger partial charge in [0, 0.05) is 17.1 Å². The van der Waals surface area contributed by atoms with Gasteiger partial charge in [-0.2, -0.15) is 0 Å². The highest BCUT2D eigenvalue weighted by Crippen LogP contribution is 2.38. The topological polar surface area (TPSA) is 3.24 Å². The van der Waals surface area contributed by atoms with Gasteiger partial charge in [0.05, 0.1) is 0 Å². The van der Waals surface area contributed by atoms with Crippen LogP contribution in [0.25, 0.3) is 16.7 Å². The van der Waals surface area contributed by atoms with Crippen molar-refractivity contribution in [3.63, 3.8) is 0 Å². The molecule has 0 atom stereocenters. The molecule has 1 aliphatic rings. The maximum Gasteiger partial charge on any atom is 0.0467 e. The predicted molar refractivity (Wildman–Crippen MR) is 154 cm³/mol. The molecule has 0 aliphatic heterocycles. The number of allylic oxidation sites excluding steroid dienone is 6. The zero-order valence-corrected chi connectivity index (χ0v) is 21.6. The molecule has 0 N–H and O–H groups in total. The van der Waals surface area contributed by atoms with Gasteiger partial charge in [0.2, 0.25) is 0 Å². The van der Waals surface area contributed by atoms with Crippen molar-refractivity contribution in [2.75, 3.05) is 4.90 Å². The molecule has 3 aromatic carbocycles. The third kappa shape index (κ3) is 5.74. The number of rotatable bonds is 8. The molecule has 35 heavy (non-hydrogen) atoms. The zero-order chi connectivity index (χ0) is 24.8. The van der Waals surface area contributed by atoms with Crippen molar-refractivity contribution in [2.24, 2.45) is 0 Å². The third-order valence-electron chi connectivity index (χ3n) is 6.80. The summed E-state index contributed by atoms with van der Waals surface area (Å²) in [5, 5.41) is 0. The van der Waals surface area contributed by atoms with Crippen LogP contribution in [0.3, 0.4) is 0 Å². The smallest absolute Gasteiger partial charge is 0.0467 e. The number of hydrogen-bond donors (Lipinski definition) is 0. The van der Waals surface area contributed by atoms with Crippen molar-refractivity contribution in [2.45, 2.75) is 53.4 Å². The number of aryl methyl sites for hydroxylation is 2. The minimum Gasteiger partial charge on any atom is -0.311 e. The number of nitrogens with zero attached hydrogens (tertiary/aromatic N) is 1. The molecule has 0 bridgehead atoms. The first-order valence-corrected chi connectivity index (χ1v) is 12.7. The Morgan fingerprint density at radius 3 is 2.40 bits per heavy atom. The second-order valence-corrected chi connectivity index (χ2v) is 9.57. The van der Waals surface area contributed by atoms with E-state index in [9.17, 15) is 0 Å². The molecule has 3 aromatic rings. The van der Waals surface area contributed by atoms with E-state index in [0.29, 0.717) is 0 Å². The lowest BCUT2D eigenvalue weighted by Gasteiger charge is -2.30. The first-order chi connectivity index (χ1) is 17.0. The highest BCUT2D eigenvalue weighted by molar-refractivity contribution is 5.79. The van der Waals surface area contributed by atoms with E-state index in [2.05, 4.69) is 130 Å². The lowest BCUT2D eigenvalue weighted by atomic mass is 9.96. The molecular formula is C34H37N. The van der Waals surface area contributed by atoms with Crippen LogP contribution in [0.2, 0.25) is 0 Å². The maximum absolute atomic E-state index is 4.44. The Morgan fingerprint density at radius 1 is 0.914 bits per heavy atom. The summed E-state index contributed by atoms with van der Waals surface area (Å²) in [6.45, 7) is 13.1. The van der Waals surface area contributed by atoms with E-state index in [-0.39, 0.29) is 0 Å². The Bertz CT molecular complexity index is 1300. The molecule has 178 valence electrons. The standard InChI is InChI=1S/C34H37N/c1-6-7-8-14-26(3)33-24-32(21-20-27(33)4)35(34-19-10-9-15-28(34)5)31-18-12-17-30(23-31)29-16-11-13-25(2)22-29/h6-7,10-13,16-24H,3,8-9,14-15H2,1-2,4-5H3/b7-6-. The summed E-state index contributed by atoms with van der Waals surface area (Å²) in [5.74, 6) is 0. The van der Waals surface area contributed by atoms with Crippen LogP contribution in [0, 0.1) is 13.8 Å². The Balaban J connectivity index is 1.82. The van der Waals surface area contributed by atoms with Crippen molar-refractivity contribution in [1.29, 1.82) is 0 Å². The summed E-state index contributed by atoms with van der Waals surface area (Å²) in [6.07, 6.45) is 13.1. The highest BCUT2D eigenvalue weighted by atomic mass is 15.1. The van der Waals surface area contributed by atoms with Crippen molar-refractivity contribution < 1.29 is 0 Å². The van der Waals surface area contributed by atoms with Crippen LogP contribution < -0.4 is 4.90 Å². The first-order valence-electron chi connectivity index (χ1n) is 12.7.